The molecule has 0 aliphatic carbocycles. The first-order chi connectivity index (χ1) is 8.61. The average molecular weight is 297 g/mol. The third-order valence-corrected chi connectivity index (χ3v) is 3.23. The molecule has 0 amide bonds. The Morgan fingerprint density at radius 2 is 1.28 bits per heavy atom. The molecule has 0 radical (unpaired) electrons. The van der Waals surface area contributed by atoms with E-state index in [1.807, 2.05) is 36.4 Å². The molecule has 2 aromatic carbocycles. The smallest absolute Gasteiger partial charge is 0.175 e. The molecule has 0 fully saturated rings. The SMILES string of the molecule is NC(=S)N(c1ccccc1Cl)c1ccccc1Cl. The molecule has 0 aliphatic heterocycles. The number of rotatable bonds is 2. The van der Waals surface area contributed by atoms with Crippen molar-refractivity contribution >= 4 is 51.9 Å². The van der Waals surface area contributed by atoms with Gasteiger partial charge in [0.25, 0.3) is 0 Å². The molecule has 0 aromatic heterocycles. The van der Waals surface area contributed by atoms with Crippen molar-refractivity contribution in [2.24, 2.45) is 5.73 Å². The molecule has 0 atom stereocenters. The lowest BCUT2D eigenvalue weighted by Crippen LogP contribution is -2.31. The fraction of sp³-hybridized carbons (Fsp3) is 0. The normalized spacial score (nSPS) is 10.1. The van der Waals surface area contributed by atoms with Crippen molar-refractivity contribution in [2.75, 3.05) is 4.90 Å². The highest BCUT2D eigenvalue weighted by Gasteiger charge is 2.17. The van der Waals surface area contributed by atoms with Crippen LogP contribution in [-0.2, 0) is 0 Å². The molecule has 0 heterocycles. The molecular formula is C13H10Cl2N2S. The number of hydrogen-bond donors (Lipinski definition) is 1. The Bertz CT molecular complexity index is 541. The van der Waals surface area contributed by atoms with E-state index in [2.05, 4.69) is 0 Å². The lowest BCUT2D eigenvalue weighted by atomic mass is 10.2. The van der Waals surface area contributed by atoms with Crippen LogP contribution in [0, 0.1) is 0 Å². The molecule has 0 unspecified atom stereocenters. The van der Waals surface area contributed by atoms with E-state index >= 15 is 0 Å². The van der Waals surface area contributed by atoms with Crippen LogP contribution < -0.4 is 10.6 Å². The van der Waals surface area contributed by atoms with Gasteiger partial charge in [0.1, 0.15) is 0 Å². The van der Waals surface area contributed by atoms with Gasteiger partial charge in [-0.25, -0.2) is 0 Å². The van der Waals surface area contributed by atoms with Gasteiger partial charge >= 0.3 is 0 Å². The second-order valence-corrected chi connectivity index (χ2v) is 4.81. The largest absolute Gasteiger partial charge is 0.376 e. The Hall–Kier alpha value is -1.29. The van der Waals surface area contributed by atoms with Gasteiger partial charge in [0.15, 0.2) is 5.11 Å². The molecule has 2 rings (SSSR count). The van der Waals surface area contributed by atoms with Gasteiger partial charge in [-0.1, -0.05) is 47.5 Å². The number of nitrogens with zero attached hydrogens (tertiary/aromatic N) is 1. The summed E-state index contributed by atoms with van der Waals surface area (Å²) in [5.41, 5.74) is 7.19. The number of benzene rings is 2. The van der Waals surface area contributed by atoms with Crippen LogP contribution >= 0.6 is 35.4 Å². The minimum Gasteiger partial charge on any atom is -0.376 e. The summed E-state index contributed by atoms with van der Waals surface area (Å²) in [6.07, 6.45) is 0. The number of halogens is 2. The van der Waals surface area contributed by atoms with E-state index in [1.54, 1.807) is 17.0 Å². The molecule has 0 saturated carbocycles. The van der Waals surface area contributed by atoms with E-state index in [0.717, 1.165) is 0 Å². The first-order valence-corrected chi connectivity index (χ1v) is 6.36. The Labute approximate surface area is 121 Å². The zero-order chi connectivity index (χ0) is 13.1. The number of thiocarbonyl (C=S) groups is 1. The molecule has 2 N–H and O–H groups in total. The van der Waals surface area contributed by atoms with Crippen LogP contribution in [0.25, 0.3) is 0 Å². The summed E-state index contributed by atoms with van der Waals surface area (Å²) in [5.74, 6) is 0. The van der Waals surface area contributed by atoms with Crippen LogP contribution in [0.15, 0.2) is 48.5 Å². The van der Waals surface area contributed by atoms with Crippen molar-refractivity contribution in [3.8, 4) is 0 Å². The first kappa shape index (κ1) is 13.1. The second-order valence-electron chi connectivity index (χ2n) is 3.58. The van der Waals surface area contributed by atoms with Crippen molar-refractivity contribution in [1.29, 1.82) is 0 Å². The van der Waals surface area contributed by atoms with Crippen LogP contribution in [0.2, 0.25) is 10.0 Å². The maximum absolute atomic E-state index is 6.17. The standard InChI is InChI=1S/C13H10Cl2N2S/c14-9-5-1-3-7-11(9)17(13(16)18)12-8-4-2-6-10(12)15/h1-8H,(H2,16,18). The van der Waals surface area contributed by atoms with Crippen LogP contribution in [0.4, 0.5) is 11.4 Å². The maximum Gasteiger partial charge on any atom is 0.175 e. The minimum atomic E-state index is 0.191. The van der Waals surface area contributed by atoms with Crippen LogP contribution in [0.3, 0.4) is 0 Å². The fourth-order valence-electron chi connectivity index (χ4n) is 1.63. The average Bonchev–Trinajstić information content (AvgIpc) is 2.34. The Balaban J connectivity index is 2.58. The Morgan fingerprint density at radius 3 is 1.61 bits per heavy atom. The van der Waals surface area contributed by atoms with Gasteiger partial charge in [-0.2, -0.15) is 0 Å². The molecule has 0 aliphatic rings. The lowest BCUT2D eigenvalue weighted by molar-refractivity contribution is 1.34. The summed E-state index contributed by atoms with van der Waals surface area (Å²) in [5, 5.41) is 1.31. The monoisotopic (exact) mass is 296 g/mol. The van der Waals surface area contributed by atoms with Crippen LogP contribution in [-0.4, -0.2) is 5.11 Å². The summed E-state index contributed by atoms with van der Waals surface area (Å²) >= 11 is 17.4. The summed E-state index contributed by atoms with van der Waals surface area (Å²) in [6.45, 7) is 0. The van der Waals surface area contributed by atoms with Gasteiger partial charge in [0, 0.05) is 0 Å². The molecule has 0 saturated heterocycles. The lowest BCUT2D eigenvalue weighted by Gasteiger charge is -2.24. The van der Waals surface area contributed by atoms with E-state index in [9.17, 15) is 0 Å². The van der Waals surface area contributed by atoms with Crippen molar-refractivity contribution in [1.82, 2.24) is 0 Å². The molecular weight excluding hydrogens is 287 g/mol. The molecule has 92 valence electrons. The predicted molar refractivity (Wildman–Crippen MR) is 81.8 cm³/mol. The quantitative estimate of drug-likeness (QED) is 0.834. The predicted octanol–water partition coefficient (Wildman–Crippen LogP) is 4.38. The number of anilines is 2. The minimum absolute atomic E-state index is 0.191. The van der Waals surface area contributed by atoms with E-state index in [1.165, 1.54) is 0 Å². The Morgan fingerprint density at radius 1 is 0.889 bits per heavy atom. The first-order valence-electron chi connectivity index (χ1n) is 5.20. The zero-order valence-electron chi connectivity index (χ0n) is 9.31. The molecule has 2 aromatic rings. The number of hydrogen-bond acceptors (Lipinski definition) is 1. The van der Waals surface area contributed by atoms with Gasteiger partial charge in [0.2, 0.25) is 0 Å². The van der Waals surface area contributed by atoms with E-state index in [4.69, 9.17) is 41.2 Å². The third kappa shape index (κ3) is 2.58. The molecule has 5 heteroatoms. The third-order valence-electron chi connectivity index (χ3n) is 2.41. The highest BCUT2D eigenvalue weighted by Crippen LogP contribution is 2.35. The van der Waals surface area contributed by atoms with Crippen LogP contribution in [0.1, 0.15) is 0 Å². The van der Waals surface area contributed by atoms with Crippen molar-refractivity contribution in [3.05, 3.63) is 58.6 Å². The van der Waals surface area contributed by atoms with Crippen molar-refractivity contribution < 1.29 is 0 Å². The summed E-state index contributed by atoms with van der Waals surface area (Å²) in [6, 6.07) is 14.6. The Kier molecular flexibility index (Phi) is 4.07. The topological polar surface area (TPSA) is 29.3 Å². The molecule has 0 spiro atoms. The van der Waals surface area contributed by atoms with Crippen molar-refractivity contribution in [3.63, 3.8) is 0 Å². The van der Waals surface area contributed by atoms with Gasteiger partial charge in [-0.3, -0.25) is 4.90 Å². The second kappa shape index (κ2) is 5.57. The van der Waals surface area contributed by atoms with Gasteiger partial charge in [0.05, 0.1) is 21.4 Å². The van der Waals surface area contributed by atoms with E-state index < -0.39 is 0 Å². The van der Waals surface area contributed by atoms with Crippen molar-refractivity contribution in [2.45, 2.75) is 0 Å². The van der Waals surface area contributed by atoms with E-state index in [-0.39, 0.29) is 5.11 Å². The number of nitrogens with two attached hydrogens (primary N) is 1. The highest BCUT2D eigenvalue weighted by molar-refractivity contribution is 7.80. The highest BCUT2D eigenvalue weighted by atomic mass is 35.5. The number of para-hydroxylation sites is 2. The van der Waals surface area contributed by atoms with E-state index in [0.29, 0.717) is 21.4 Å². The van der Waals surface area contributed by atoms with Crippen LogP contribution in [0.5, 0.6) is 0 Å². The molecule has 18 heavy (non-hydrogen) atoms. The zero-order valence-corrected chi connectivity index (χ0v) is 11.6. The summed E-state index contributed by atoms with van der Waals surface area (Å²) < 4.78 is 0. The van der Waals surface area contributed by atoms with Gasteiger partial charge in [-0.15, -0.1) is 0 Å². The maximum atomic E-state index is 6.17. The van der Waals surface area contributed by atoms with Gasteiger partial charge in [-0.05, 0) is 36.5 Å². The molecule has 0 bridgehead atoms. The molecule has 2 nitrogen and oxygen atoms in total. The summed E-state index contributed by atoms with van der Waals surface area (Å²) in [7, 11) is 0. The van der Waals surface area contributed by atoms with Gasteiger partial charge < -0.3 is 5.73 Å². The summed E-state index contributed by atoms with van der Waals surface area (Å²) in [4.78, 5) is 1.65. The fourth-order valence-corrected chi connectivity index (χ4v) is 2.27.